The van der Waals surface area contributed by atoms with Crippen molar-refractivity contribution in [3.63, 3.8) is 0 Å². The van der Waals surface area contributed by atoms with Crippen molar-refractivity contribution in [1.82, 2.24) is 10.6 Å². The Morgan fingerprint density at radius 1 is 1.23 bits per heavy atom. The zero-order valence-corrected chi connectivity index (χ0v) is 19.0. The van der Waals surface area contributed by atoms with Gasteiger partial charge in [-0.2, -0.15) is 0 Å². The molecule has 8 N–H and O–H groups in total. The standard InChI is InChI=1S/C19H24N3O12P/c1-8(18(28)29)34-35(31,32)33-7-14(25)15(26)13(24)6-22-12-5-10(23)3-2-9(12)4-11-16(22)20-19(30)21-17(11)27/h2-5,8,13-16,23-26H,6-7H2,1H3,(H,28,29)(H,31,32)(H2,20,21,27,30)/t8-,13-,14+,15-,16?/m0/s1. The predicted molar refractivity (Wildman–Crippen MR) is 116 cm³/mol. The fraction of sp³-hybridized carbons (Fsp3) is 0.421. The molecule has 0 spiro atoms. The first kappa shape index (κ1) is 26.6. The maximum Gasteiger partial charge on any atom is 0.473 e. The SMILES string of the molecule is C[C@H](OP(=O)(O)OC[C@@H](O)[C@@H](O)[C@@H](O)CN1c2cc(O)ccc2C=C2C(=O)NC(=O)NC21)C(=O)O. The second kappa shape index (κ2) is 10.3. The molecule has 16 heteroatoms. The topological polar surface area (TPSA) is 235 Å². The summed E-state index contributed by atoms with van der Waals surface area (Å²) in [6.07, 6.45) is -6.95. The summed E-state index contributed by atoms with van der Waals surface area (Å²) >= 11 is 0. The zero-order valence-electron chi connectivity index (χ0n) is 18.1. The van der Waals surface area contributed by atoms with Gasteiger partial charge in [0.1, 0.15) is 30.2 Å². The van der Waals surface area contributed by atoms with Crippen LogP contribution in [0.15, 0.2) is 23.8 Å². The van der Waals surface area contributed by atoms with Gasteiger partial charge in [0, 0.05) is 18.3 Å². The highest BCUT2D eigenvalue weighted by molar-refractivity contribution is 7.47. The molecule has 2 aliphatic heterocycles. The van der Waals surface area contributed by atoms with Crippen LogP contribution in [-0.4, -0.2) is 92.1 Å². The zero-order chi connectivity index (χ0) is 26.1. The summed E-state index contributed by atoms with van der Waals surface area (Å²) in [6, 6.07) is 3.35. The summed E-state index contributed by atoms with van der Waals surface area (Å²) in [4.78, 5) is 45.8. The molecule has 15 nitrogen and oxygen atoms in total. The minimum Gasteiger partial charge on any atom is -0.508 e. The highest BCUT2D eigenvalue weighted by atomic mass is 31.2. The molecule has 0 aliphatic carbocycles. The van der Waals surface area contributed by atoms with Crippen molar-refractivity contribution < 1.29 is 58.4 Å². The minimum absolute atomic E-state index is 0.110. The molecule has 192 valence electrons. The number of amides is 3. The normalized spacial score (nSPS) is 22.4. The number of aliphatic hydroxyl groups is 3. The third-order valence-electron chi connectivity index (χ3n) is 5.22. The molecular formula is C19H24N3O12P. The van der Waals surface area contributed by atoms with E-state index >= 15 is 0 Å². The number of benzene rings is 1. The van der Waals surface area contributed by atoms with Crippen molar-refractivity contribution in [3.8, 4) is 5.75 Å². The van der Waals surface area contributed by atoms with E-state index in [4.69, 9.17) is 5.11 Å². The van der Waals surface area contributed by atoms with Crippen LogP contribution in [0.2, 0.25) is 0 Å². The molecule has 1 aromatic carbocycles. The van der Waals surface area contributed by atoms with Crippen molar-refractivity contribution in [2.24, 2.45) is 0 Å². The van der Waals surface area contributed by atoms with Gasteiger partial charge in [0.15, 0.2) is 6.10 Å². The van der Waals surface area contributed by atoms with Gasteiger partial charge in [-0.3, -0.25) is 19.2 Å². The Bertz CT molecular complexity index is 1090. The number of anilines is 1. The molecule has 0 bridgehead atoms. The number of nitrogens with one attached hydrogen (secondary N) is 2. The van der Waals surface area contributed by atoms with Gasteiger partial charge in [-0.05, 0) is 30.7 Å². The summed E-state index contributed by atoms with van der Waals surface area (Å²) in [7, 11) is -4.91. The van der Waals surface area contributed by atoms with Crippen molar-refractivity contribution >= 4 is 37.5 Å². The number of rotatable bonds is 10. The highest BCUT2D eigenvalue weighted by Crippen LogP contribution is 2.44. The van der Waals surface area contributed by atoms with E-state index < -0.39 is 69.5 Å². The summed E-state index contributed by atoms with van der Waals surface area (Å²) in [5.41, 5.74) is 0.859. The molecule has 2 aliphatic rings. The van der Waals surface area contributed by atoms with E-state index in [0.717, 1.165) is 6.92 Å². The van der Waals surface area contributed by atoms with Crippen LogP contribution in [0.1, 0.15) is 12.5 Å². The van der Waals surface area contributed by atoms with Gasteiger partial charge in [-0.15, -0.1) is 0 Å². The van der Waals surface area contributed by atoms with Crippen LogP contribution in [0.4, 0.5) is 10.5 Å². The average molecular weight is 517 g/mol. The van der Waals surface area contributed by atoms with Gasteiger partial charge in [0.25, 0.3) is 5.91 Å². The molecule has 1 fully saturated rings. The number of hydrogen-bond acceptors (Lipinski definition) is 11. The van der Waals surface area contributed by atoms with Crippen LogP contribution in [0, 0.1) is 0 Å². The number of phosphoric ester groups is 1. The maximum absolute atomic E-state index is 12.3. The molecule has 0 saturated carbocycles. The monoisotopic (exact) mass is 517 g/mol. The van der Waals surface area contributed by atoms with Gasteiger partial charge in [-0.1, -0.05) is 0 Å². The predicted octanol–water partition coefficient (Wildman–Crippen LogP) is -1.55. The third kappa shape index (κ3) is 6.15. The van der Waals surface area contributed by atoms with Crippen molar-refractivity contribution in [3.05, 3.63) is 29.3 Å². The van der Waals surface area contributed by atoms with Crippen molar-refractivity contribution in [2.75, 3.05) is 18.1 Å². The van der Waals surface area contributed by atoms with Crippen LogP contribution in [0.3, 0.4) is 0 Å². The molecule has 0 radical (unpaired) electrons. The number of urea groups is 1. The molecule has 35 heavy (non-hydrogen) atoms. The first-order valence-corrected chi connectivity index (χ1v) is 11.6. The summed E-state index contributed by atoms with van der Waals surface area (Å²) in [5.74, 6) is -2.39. The molecule has 2 unspecified atom stereocenters. The fourth-order valence-corrected chi connectivity index (χ4v) is 4.34. The second-order valence-corrected chi connectivity index (χ2v) is 9.21. The molecule has 3 amide bonds. The average Bonchev–Trinajstić information content (AvgIpc) is 2.77. The number of phenols is 1. The quantitative estimate of drug-likeness (QED) is 0.164. The number of phenolic OH excluding ortho intramolecular Hbond substituents is 1. The molecule has 1 aromatic rings. The van der Waals surface area contributed by atoms with Gasteiger partial charge in [-0.25, -0.2) is 14.2 Å². The number of aromatic hydroxyl groups is 1. The van der Waals surface area contributed by atoms with Gasteiger partial charge >= 0.3 is 19.8 Å². The number of phosphoric acid groups is 1. The Labute approximate surface area is 197 Å². The molecule has 2 heterocycles. The number of imide groups is 1. The van der Waals surface area contributed by atoms with E-state index in [1.54, 1.807) is 0 Å². The van der Waals surface area contributed by atoms with E-state index in [1.165, 1.54) is 29.2 Å². The smallest absolute Gasteiger partial charge is 0.473 e. The van der Waals surface area contributed by atoms with E-state index in [-0.39, 0.29) is 11.3 Å². The third-order valence-corrected chi connectivity index (χ3v) is 6.28. The lowest BCUT2D eigenvalue weighted by molar-refractivity contribution is -0.145. The number of carbonyl (C=O) groups excluding carboxylic acids is 2. The van der Waals surface area contributed by atoms with Crippen LogP contribution in [0.25, 0.3) is 6.08 Å². The second-order valence-electron chi connectivity index (χ2n) is 7.80. The van der Waals surface area contributed by atoms with Crippen LogP contribution >= 0.6 is 7.82 Å². The molecule has 6 atom stereocenters. The first-order chi connectivity index (χ1) is 16.3. The largest absolute Gasteiger partial charge is 0.508 e. The minimum atomic E-state index is -4.91. The number of carbonyl (C=O) groups is 3. The van der Waals surface area contributed by atoms with Gasteiger partial charge < -0.3 is 40.6 Å². The number of aliphatic carboxylic acids is 1. The van der Waals surface area contributed by atoms with Crippen LogP contribution in [-0.2, 0) is 23.2 Å². The Morgan fingerprint density at radius 2 is 1.91 bits per heavy atom. The Morgan fingerprint density at radius 3 is 2.57 bits per heavy atom. The fourth-order valence-electron chi connectivity index (χ4n) is 3.45. The van der Waals surface area contributed by atoms with Gasteiger partial charge in [0.05, 0.1) is 12.2 Å². The summed E-state index contributed by atoms with van der Waals surface area (Å²) < 4.78 is 20.7. The molecular weight excluding hydrogens is 493 g/mol. The number of β-amino-alcohol motifs (C(OH)–C–C–N with tert-alkyl or cyclic N) is 1. The Kier molecular flexibility index (Phi) is 7.81. The lowest BCUT2D eigenvalue weighted by Crippen LogP contribution is -2.63. The first-order valence-electron chi connectivity index (χ1n) is 10.1. The van der Waals surface area contributed by atoms with Crippen LogP contribution < -0.4 is 15.5 Å². The molecule has 1 saturated heterocycles. The Balaban J connectivity index is 1.73. The van der Waals surface area contributed by atoms with E-state index in [9.17, 15) is 44.3 Å². The molecule has 0 aromatic heterocycles. The number of hydrogen-bond donors (Lipinski definition) is 8. The van der Waals surface area contributed by atoms with Gasteiger partial charge in [0.2, 0.25) is 0 Å². The molecule has 3 rings (SSSR count). The number of nitrogens with zero attached hydrogens (tertiary/aromatic N) is 1. The van der Waals surface area contributed by atoms with Crippen molar-refractivity contribution in [2.45, 2.75) is 37.5 Å². The lowest BCUT2D eigenvalue weighted by Gasteiger charge is -2.42. The number of carboxylic acid groups (broad SMARTS) is 1. The number of aliphatic hydroxyl groups excluding tert-OH is 3. The number of carboxylic acids is 1. The Hall–Kier alpha value is -3.04. The highest BCUT2D eigenvalue weighted by Gasteiger charge is 2.40. The van der Waals surface area contributed by atoms with E-state index in [0.29, 0.717) is 11.3 Å². The van der Waals surface area contributed by atoms with E-state index in [1.807, 2.05) is 0 Å². The maximum atomic E-state index is 12.3. The number of fused-ring (bicyclic) bond motifs is 2. The lowest BCUT2D eigenvalue weighted by atomic mass is 9.96. The van der Waals surface area contributed by atoms with Crippen LogP contribution in [0.5, 0.6) is 5.75 Å². The summed E-state index contributed by atoms with van der Waals surface area (Å²) in [5, 5.41) is 54.3. The summed E-state index contributed by atoms with van der Waals surface area (Å²) in [6.45, 7) is -0.512. The van der Waals surface area contributed by atoms with E-state index in [2.05, 4.69) is 19.7 Å². The van der Waals surface area contributed by atoms with Crippen molar-refractivity contribution in [1.29, 1.82) is 0 Å².